The highest BCUT2D eigenvalue weighted by Gasteiger charge is 2.50. The van der Waals surface area contributed by atoms with E-state index in [1.54, 1.807) is 0 Å². The summed E-state index contributed by atoms with van der Waals surface area (Å²) in [4.78, 5) is 15.7. The van der Waals surface area contributed by atoms with Crippen molar-refractivity contribution in [1.82, 2.24) is 0 Å². The lowest BCUT2D eigenvalue weighted by Crippen LogP contribution is -2.46. The van der Waals surface area contributed by atoms with Crippen molar-refractivity contribution >= 4 is 11.8 Å². The van der Waals surface area contributed by atoms with Gasteiger partial charge in [-0.2, -0.15) is 4.99 Å². The Balaban J connectivity index is 1.63. The number of hydrogen-bond donors (Lipinski definition) is 0. The summed E-state index contributed by atoms with van der Waals surface area (Å²) >= 11 is 0. The molecule has 4 aliphatic carbocycles. The van der Waals surface area contributed by atoms with Crippen LogP contribution in [0.5, 0.6) is 0 Å². The Morgan fingerprint density at radius 2 is 1.67 bits per heavy atom. The predicted molar refractivity (Wildman–Crippen MR) is 84.2 cm³/mol. The van der Waals surface area contributed by atoms with Crippen LogP contribution in [0.1, 0.15) is 71.6 Å². The molecule has 3 nitrogen and oxygen atoms in total. The van der Waals surface area contributed by atoms with Gasteiger partial charge in [-0.15, -0.1) is 0 Å². The van der Waals surface area contributed by atoms with E-state index in [1.165, 1.54) is 44.9 Å². The van der Waals surface area contributed by atoms with Gasteiger partial charge in [-0.05, 0) is 75.0 Å². The molecule has 0 unspecified atom stereocenters. The first-order chi connectivity index (χ1) is 10.1. The number of hydrogen-bond acceptors (Lipinski definition) is 2. The van der Waals surface area contributed by atoms with Crippen molar-refractivity contribution in [1.29, 1.82) is 0 Å². The number of carbonyl (C=O) groups is 1. The molecule has 0 N–H and O–H groups in total. The average molecular weight is 291 g/mol. The van der Waals surface area contributed by atoms with E-state index in [4.69, 9.17) is 4.74 Å². The van der Waals surface area contributed by atoms with Crippen molar-refractivity contribution in [3.8, 4) is 0 Å². The second-order valence-corrected chi connectivity index (χ2v) is 7.60. The van der Waals surface area contributed by atoms with E-state index in [9.17, 15) is 4.79 Å². The van der Waals surface area contributed by atoms with E-state index in [-0.39, 0.29) is 5.91 Å². The molecule has 118 valence electrons. The van der Waals surface area contributed by atoms with Gasteiger partial charge in [-0.3, -0.25) is 4.79 Å². The monoisotopic (exact) mass is 291 g/mol. The Kier molecular flexibility index (Phi) is 4.37. The molecule has 0 aromatic heterocycles. The molecule has 0 aromatic rings. The molecule has 4 aliphatic rings. The van der Waals surface area contributed by atoms with Gasteiger partial charge < -0.3 is 4.74 Å². The fourth-order valence-electron chi connectivity index (χ4n) is 5.51. The molecule has 4 rings (SSSR count). The number of carbonyl (C=O) groups excluding carboxylic acids is 1. The van der Waals surface area contributed by atoms with Crippen LogP contribution in [0.4, 0.5) is 0 Å². The van der Waals surface area contributed by atoms with Crippen molar-refractivity contribution < 1.29 is 9.53 Å². The van der Waals surface area contributed by atoms with Crippen LogP contribution in [0.15, 0.2) is 4.99 Å². The topological polar surface area (TPSA) is 38.7 Å². The summed E-state index contributed by atoms with van der Waals surface area (Å²) in [6.07, 6.45) is 11.2. The maximum absolute atomic E-state index is 11.6. The lowest BCUT2D eigenvalue weighted by molar-refractivity contribution is -0.117. The summed E-state index contributed by atoms with van der Waals surface area (Å²) < 4.78 is 5.61. The van der Waals surface area contributed by atoms with E-state index in [1.807, 2.05) is 13.8 Å². The van der Waals surface area contributed by atoms with Crippen molar-refractivity contribution in [2.45, 2.75) is 71.6 Å². The molecule has 3 heteroatoms. The van der Waals surface area contributed by atoms with Crippen LogP contribution in [0.3, 0.4) is 0 Å². The Hall–Kier alpha value is -0.860. The molecule has 1 amide bonds. The van der Waals surface area contributed by atoms with Crippen LogP contribution in [0.25, 0.3) is 0 Å². The van der Waals surface area contributed by atoms with Crippen LogP contribution in [-0.2, 0) is 9.53 Å². The second kappa shape index (κ2) is 6.10. The Bertz CT molecular complexity index is 392. The summed E-state index contributed by atoms with van der Waals surface area (Å²) in [6.45, 7) is 4.43. The smallest absolute Gasteiger partial charge is 0.248 e. The molecule has 0 radical (unpaired) electrons. The van der Waals surface area contributed by atoms with Gasteiger partial charge in [0.15, 0.2) is 5.90 Å². The van der Waals surface area contributed by atoms with Crippen LogP contribution < -0.4 is 0 Å². The molecule has 0 atom stereocenters. The summed E-state index contributed by atoms with van der Waals surface area (Å²) in [5, 5.41) is 0. The molecule has 4 bridgehead atoms. The van der Waals surface area contributed by atoms with Crippen molar-refractivity contribution in [3.05, 3.63) is 0 Å². The third-order valence-electron chi connectivity index (χ3n) is 5.90. The molecule has 21 heavy (non-hydrogen) atoms. The van der Waals surface area contributed by atoms with Crippen LogP contribution >= 0.6 is 0 Å². The quantitative estimate of drug-likeness (QED) is 0.558. The van der Waals surface area contributed by atoms with Gasteiger partial charge in [0.25, 0.3) is 0 Å². The number of rotatable bonds is 5. The van der Waals surface area contributed by atoms with E-state index >= 15 is 0 Å². The van der Waals surface area contributed by atoms with Crippen LogP contribution in [-0.4, -0.2) is 18.4 Å². The fourth-order valence-corrected chi connectivity index (χ4v) is 5.51. The third-order valence-corrected chi connectivity index (χ3v) is 5.90. The first-order valence-electron chi connectivity index (χ1n) is 8.85. The second-order valence-electron chi connectivity index (χ2n) is 7.60. The average Bonchev–Trinajstić information content (AvgIpc) is 2.43. The molecule has 0 heterocycles. The van der Waals surface area contributed by atoms with Crippen molar-refractivity contribution in [2.24, 2.45) is 28.2 Å². The van der Waals surface area contributed by atoms with Gasteiger partial charge in [0.2, 0.25) is 5.91 Å². The summed E-state index contributed by atoms with van der Waals surface area (Å²) in [7, 11) is 0. The Morgan fingerprint density at radius 1 is 1.10 bits per heavy atom. The number of nitrogens with zero attached hydrogens (tertiary/aromatic N) is 1. The van der Waals surface area contributed by atoms with E-state index < -0.39 is 0 Å². The van der Waals surface area contributed by atoms with Crippen LogP contribution in [0.2, 0.25) is 0 Å². The highest BCUT2D eigenvalue weighted by Crippen LogP contribution is 2.61. The number of amides is 1. The van der Waals surface area contributed by atoms with Gasteiger partial charge in [-0.1, -0.05) is 6.92 Å². The zero-order chi connectivity index (χ0) is 14.9. The standard InChI is InChI=1S/C18H29NO2/c1-3-16(20)19-17(21-4-2)5-6-18-10-13-7-14(11-18)9-15(8-13)12-18/h13-15H,3-12H2,1-2H3. The van der Waals surface area contributed by atoms with Crippen molar-refractivity contribution in [3.63, 3.8) is 0 Å². The first-order valence-corrected chi connectivity index (χ1v) is 8.85. The van der Waals surface area contributed by atoms with E-state index in [2.05, 4.69) is 4.99 Å². The highest BCUT2D eigenvalue weighted by atomic mass is 16.5. The molecule has 0 saturated heterocycles. The molecule has 4 saturated carbocycles. The van der Waals surface area contributed by atoms with Gasteiger partial charge in [0.05, 0.1) is 6.61 Å². The Morgan fingerprint density at radius 3 is 2.14 bits per heavy atom. The largest absolute Gasteiger partial charge is 0.481 e. The lowest BCUT2D eigenvalue weighted by atomic mass is 9.48. The summed E-state index contributed by atoms with van der Waals surface area (Å²) in [5.74, 6) is 3.59. The highest BCUT2D eigenvalue weighted by molar-refractivity contribution is 5.91. The molecule has 0 aromatic carbocycles. The molecular weight excluding hydrogens is 262 g/mol. The first kappa shape index (κ1) is 15.1. The van der Waals surface area contributed by atoms with Gasteiger partial charge in [-0.25, -0.2) is 0 Å². The van der Waals surface area contributed by atoms with Crippen LogP contribution in [0, 0.1) is 23.2 Å². The SMILES string of the molecule is CCOC(CCC12CC3CC(CC(C3)C1)C2)=NC(=O)CC. The van der Waals surface area contributed by atoms with E-state index in [0.717, 1.165) is 24.2 Å². The zero-order valence-electron chi connectivity index (χ0n) is 13.6. The lowest BCUT2D eigenvalue weighted by Gasteiger charge is -2.57. The minimum Gasteiger partial charge on any atom is -0.481 e. The van der Waals surface area contributed by atoms with Gasteiger partial charge in [0, 0.05) is 12.8 Å². The van der Waals surface area contributed by atoms with Crippen molar-refractivity contribution in [2.75, 3.05) is 6.61 Å². The molecule has 4 fully saturated rings. The predicted octanol–water partition coefficient (Wildman–Crippen LogP) is 4.35. The Labute approximate surface area is 128 Å². The zero-order valence-corrected chi connectivity index (χ0v) is 13.6. The molecular formula is C18H29NO2. The maximum Gasteiger partial charge on any atom is 0.248 e. The fraction of sp³-hybridized carbons (Fsp3) is 0.889. The van der Waals surface area contributed by atoms with E-state index in [0.29, 0.717) is 24.3 Å². The third kappa shape index (κ3) is 3.32. The molecule has 0 aliphatic heterocycles. The minimum absolute atomic E-state index is 0.0519. The number of ether oxygens (including phenoxy) is 1. The van der Waals surface area contributed by atoms with Gasteiger partial charge >= 0.3 is 0 Å². The normalized spacial score (nSPS) is 37.8. The maximum atomic E-state index is 11.6. The van der Waals surface area contributed by atoms with Gasteiger partial charge in [0.1, 0.15) is 0 Å². The summed E-state index contributed by atoms with van der Waals surface area (Å²) in [5.41, 5.74) is 0.544. The molecule has 0 spiro atoms. The summed E-state index contributed by atoms with van der Waals surface area (Å²) in [6, 6.07) is 0. The minimum atomic E-state index is -0.0519. The number of aliphatic imine (C=N–C) groups is 1.